The van der Waals surface area contributed by atoms with E-state index in [0.29, 0.717) is 13.0 Å². The number of rotatable bonds is 16. The van der Waals surface area contributed by atoms with Crippen LogP contribution in [-0.2, 0) is 14.9 Å². The number of ether oxygens (including phenoxy) is 2. The first-order valence-corrected chi connectivity index (χ1v) is 22.7. The number of carbonyl (C=O) groups excluding carboxylic acids is 1. The molecular weight excluding hydrogens is 553 g/mol. The van der Waals surface area contributed by atoms with Crippen LogP contribution >= 0.6 is 0 Å². The summed E-state index contributed by atoms with van der Waals surface area (Å²) in [6.45, 7) is 13.5. The number of carbonyl (C=O) groups is 1. The second-order valence-corrected chi connectivity index (χ2v) is 24.8. The maximum atomic E-state index is 12.0. The van der Waals surface area contributed by atoms with Gasteiger partial charge in [-0.25, -0.2) is 0 Å². The molecule has 0 aliphatic carbocycles. The molecule has 0 bridgehead atoms. The van der Waals surface area contributed by atoms with Gasteiger partial charge in [0.15, 0.2) is 0 Å². The van der Waals surface area contributed by atoms with Gasteiger partial charge in [0, 0.05) is 0 Å². The van der Waals surface area contributed by atoms with E-state index in [0.717, 1.165) is 51.9 Å². The first-order chi connectivity index (χ1) is 17.5. The Bertz CT molecular complexity index is 781. The number of piperidine rings is 1. The molecule has 2 heterocycles. The third kappa shape index (κ3) is 7.65. The molecule has 4 nitrogen and oxygen atoms in total. The molecule has 2 aliphatic heterocycles. The zero-order valence-electron chi connectivity index (χ0n) is 23.8. The van der Waals surface area contributed by atoms with E-state index >= 15 is 0 Å². The Morgan fingerprint density at radius 1 is 0.944 bits per heavy atom. The van der Waals surface area contributed by atoms with Crippen LogP contribution in [0, 0.1) is 0 Å². The number of likely N-dealkylation sites (tertiary alicyclic amines) is 1. The van der Waals surface area contributed by atoms with Gasteiger partial charge < -0.3 is 0 Å². The summed E-state index contributed by atoms with van der Waals surface area (Å²) in [5.74, 6) is 1.15. The van der Waals surface area contributed by atoms with Crippen molar-refractivity contribution in [2.45, 2.75) is 117 Å². The van der Waals surface area contributed by atoms with Crippen molar-refractivity contribution in [2.24, 2.45) is 0 Å². The van der Waals surface area contributed by atoms with Crippen LogP contribution in [0.1, 0.15) is 104 Å². The molecule has 0 atom stereocenters. The first-order valence-electron chi connectivity index (χ1n) is 15.2. The average Bonchev–Trinajstić information content (AvgIpc) is 3.25. The van der Waals surface area contributed by atoms with E-state index in [1.807, 2.05) is 0 Å². The summed E-state index contributed by atoms with van der Waals surface area (Å²) in [6, 6.07) is 7.57. The van der Waals surface area contributed by atoms with Crippen molar-refractivity contribution in [3.05, 3.63) is 23.8 Å². The fraction of sp³-hybridized carbons (Fsp3) is 0.774. The molecule has 1 aromatic rings. The third-order valence-corrected chi connectivity index (χ3v) is 24.5. The van der Waals surface area contributed by atoms with Crippen molar-refractivity contribution < 1.29 is 14.3 Å². The predicted octanol–water partition coefficient (Wildman–Crippen LogP) is 7.20. The third-order valence-electron chi connectivity index (χ3n) is 8.90. The van der Waals surface area contributed by atoms with Gasteiger partial charge in [-0.15, -0.1) is 0 Å². The van der Waals surface area contributed by atoms with Crippen LogP contribution in [0.25, 0.3) is 0 Å². The molecule has 36 heavy (non-hydrogen) atoms. The summed E-state index contributed by atoms with van der Waals surface area (Å²) >= 11 is -2.44. The van der Waals surface area contributed by atoms with Gasteiger partial charge in [-0.1, -0.05) is 13.3 Å². The number of unbranched alkanes of at least 4 members (excludes halogenated alkanes) is 4. The molecule has 0 saturated carbocycles. The fourth-order valence-corrected chi connectivity index (χ4v) is 22.3. The summed E-state index contributed by atoms with van der Waals surface area (Å²) in [6.07, 6.45) is 12.9. The van der Waals surface area contributed by atoms with E-state index in [-0.39, 0.29) is 11.4 Å². The maximum absolute atomic E-state index is 12.0. The zero-order valence-corrected chi connectivity index (χ0v) is 26.7. The van der Waals surface area contributed by atoms with Crippen LogP contribution in [0.5, 0.6) is 5.75 Å². The van der Waals surface area contributed by atoms with Gasteiger partial charge in [0.05, 0.1) is 6.61 Å². The van der Waals surface area contributed by atoms with Gasteiger partial charge >= 0.3 is 200 Å². The molecule has 1 fully saturated rings. The second kappa shape index (κ2) is 15.0. The normalized spacial score (nSPS) is 17.2. The Morgan fingerprint density at radius 2 is 1.56 bits per heavy atom. The Labute approximate surface area is 225 Å². The molecular formula is C31H53NO3Sn. The number of hydrogen-bond acceptors (Lipinski definition) is 4. The van der Waals surface area contributed by atoms with Crippen LogP contribution in [-0.4, -0.2) is 62.1 Å². The van der Waals surface area contributed by atoms with Crippen molar-refractivity contribution in [1.29, 1.82) is 0 Å². The van der Waals surface area contributed by atoms with Gasteiger partial charge in [0.25, 0.3) is 0 Å². The summed E-state index contributed by atoms with van der Waals surface area (Å²) in [4.78, 5) is 14.5. The van der Waals surface area contributed by atoms with Crippen LogP contribution in [0.15, 0.2) is 18.2 Å². The molecule has 2 aliphatic rings. The van der Waals surface area contributed by atoms with Gasteiger partial charge in [-0.05, 0) is 6.42 Å². The minimum absolute atomic E-state index is 0.0465. The summed E-state index contributed by atoms with van der Waals surface area (Å²) < 4.78 is 18.1. The number of fused-ring (bicyclic) bond motifs is 2. The van der Waals surface area contributed by atoms with Crippen molar-refractivity contribution in [1.82, 2.24) is 4.90 Å². The Hall–Kier alpha value is -0.751. The van der Waals surface area contributed by atoms with E-state index < -0.39 is 18.4 Å². The SMILES string of the molecule is CCCCOC(=O)CCN1CCC2(CC1)COc1c[c]([Sn]([CH2]CCC)([CH2]CCC)[CH2]CCC)ccc12. The number of esters is 1. The molecule has 3 rings (SSSR count). The van der Waals surface area contributed by atoms with Crippen LogP contribution < -0.4 is 8.32 Å². The van der Waals surface area contributed by atoms with Gasteiger partial charge in [0.1, 0.15) is 0 Å². The predicted molar refractivity (Wildman–Crippen MR) is 154 cm³/mol. The van der Waals surface area contributed by atoms with Gasteiger partial charge in [0.2, 0.25) is 0 Å². The Kier molecular flexibility index (Phi) is 12.4. The summed E-state index contributed by atoms with van der Waals surface area (Å²) in [5, 5.41) is 0. The van der Waals surface area contributed by atoms with Crippen molar-refractivity contribution in [3.8, 4) is 5.75 Å². The molecule has 1 saturated heterocycles. The molecule has 0 N–H and O–H groups in total. The molecule has 1 spiro atoms. The number of benzene rings is 1. The second-order valence-electron chi connectivity index (χ2n) is 11.5. The molecule has 204 valence electrons. The van der Waals surface area contributed by atoms with E-state index in [1.165, 1.54) is 63.1 Å². The zero-order chi connectivity index (χ0) is 25.9. The molecule has 0 aromatic heterocycles. The average molecular weight is 606 g/mol. The standard InChI is InChI=1S/C19H26NO3.3C4H9.Sn/c1-2-3-14-22-18(21)8-11-20-12-9-19(10-13-20)15-23-17-7-5-4-6-16(17)19;3*1-3-4-2;/h4,6-7H,2-3,8-15H2,1H3;3*1,3-4H2,2H3;. The number of nitrogens with zero attached hydrogens (tertiary/aromatic N) is 1. The van der Waals surface area contributed by atoms with E-state index in [9.17, 15) is 4.79 Å². The van der Waals surface area contributed by atoms with Crippen molar-refractivity contribution >= 4 is 27.9 Å². The van der Waals surface area contributed by atoms with Gasteiger partial charge in [-0.3, -0.25) is 0 Å². The first kappa shape index (κ1) is 29.8. The summed E-state index contributed by atoms with van der Waals surface area (Å²) in [5.41, 5.74) is 1.63. The minimum atomic E-state index is -2.44. The van der Waals surface area contributed by atoms with Crippen LogP contribution in [0.3, 0.4) is 0 Å². The Balaban J connectivity index is 1.67. The molecule has 1 aromatic carbocycles. The van der Waals surface area contributed by atoms with E-state index in [4.69, 9.17) is 9.47 Å². The summed E-state index contributed by atoms with van der Waals surface area (Å²) in [7, 11) is 0. The van der Waals surface area contributed by atoms with Crippen LogP contribution in [0.2, 0.25) is 13.3 Å². The monoisotopic (exact) mass is 607 g/mol. The van der Waals surface area contributed by atoms with Gasteiger partial charge in [-0.2, -0.15) is 0 Å². The molecule has 0 amide bonds. The van der Waals surface area contributed by atoms with Crippen LogP contribution in [0.4, 0.5) is 0 Å². The Morgan fingerprint density at radius 3 is 2.14 bits per heavy atom. The van der Waals surface area contributed by atoms with Crippen molar-refractivity contribution in [3.63, 3.8) is 0 Å². The molecule has 5 heteroatoms. The van der Waals surface area contributed by atoms with E-state index in [1.54, 1.807) is 3.58 Å². The molecule has 0 unspecified atom stereocenters. The topological polar surface area (TPSA) is 38.8 Å². The fourth-order valence-electron chi connectivity index (χ4n) is 6.33. The molecule has 0 radical (unpaired) electrons. The van der Waals surface area contributed by atoms with Crippen molar-refractivity contribution in [2.75, 3.05) is 32.8 Å². The van der Waals surface area contributed by atoms with E-state index in [2.05, 4.69) is 50.8 Å². The number of hydrogen-bond donors (Lipinski definition) is 0. The quantitative estimate of drug-likeness (QED) is 0.113.